The number of carbonyl (C=O) groups excluding carboxylic acids is 1. The second kappa shape index (κ2) is 7.58. The summed E-state index contributed by atoms with van der Waals surface area (Å²) in [5.41, 5.74) is 2.09. The lowest BCUT2D eigenvalue weighted by Crippen LogP contribution is -2.20. The zero-order valence-corrected chi connectivity index (χ0v) is 17.3. The third-order valence-electron chi connectivity index (χ3n) is 4.94. The Labute approximate surface area is 172 Å². The molecule has 30 heavy (non-hydrogen) atoms. The van der Waals surface area contributed by atoms with Crippen LogP contribution in [0.2, 0.25) is 0 Å². The van der Waals surface area contributed by atoms with Crippen molar-refractivity contribution in [3.63, 3.8) is 0 Å². The molecule has 9 nitrogen and oxygen atoms in total. The maximum Gasteiger partial charge on any atom is 0.341 e. The Kier molecular flexibility index (Phi) is 4.94. The van der Waals surface area contributed by atoms with E-state index in [9.17, 15) is 9.59 Å². The summed E-state index contributed by atoms with van der Waals surface area (Å²) < 4.78 is 9.73. The minimum absolute atomic E-state index is 0.191. The number of carbonyl (C=O) groups is 1. The molecular formula is C21H22N6O3. The zero-order valence-electron chi connectivity index (χ0n) is 17.3. The topological polar surface area (TPSA) is 96.8 Å². The van der Waals surface area contributed by atoms with Crippen LogP contribution in [0.15, 0.2) is 41.5 Å². The van der Waals surface area contributed by atoms with E-state index in [-0.39, 0.29) is 16.8 Å². The molecule has 154 valence electrons. The summed E-state index contributed by atoms with van der Waals surface area (Å²) in [5.74, 6) is 0.850. The van der Waals surface area contributed by atoms with Gasteiger partial charge in [-0.3, -0.25) is 9.47 Å². The van der Waals surface area contributed by atoms with Crippen molar-refractivity contribution in [2.75, 3.05) is 7.11 Å². The number of hydrogen-bond acceptors (Lipinski definition) is 6. The van der Waals surface area contributed by atoms with Gasteiger partial charge in [-0.15, -0.1) is 10.2 Å². The lowest BCUT2D eigenvalue weighted by atomic mass is 10.1. The van der Waals surface area contributed by atoms with Crippen LogP contribution in [-0.4, -0.2) is 42.4 Å². The predicted octanol–water partition coefficient (Wildman–Crippen LogP) is 2.26. The van der Waals surface area contributed by atoms with Crippen LogP contribution >= 0.6 is 0 Å². The normalized spacial score (nSPS) is 11.2. The van der Waals surface area contributed by atoms with Crippen LogP contribution in [0.25, 0.3) is 16.9 Å². The number of pyridine rings is 1. The fraction of sp³-hybridized carbons (Fsp3) is 0.286. The van der Waals surface area contributed by atoms with Crippen molar-refractivity contribution in [3.05, 3.63) is 69.8 Å². The molecule has 2 aliphatic rings. The molecule has 1 aromatic heterocycles. The standard InChI is InChI=1S/C21H22N6O3/c1-5-17-22-23-18(6-2)27(17)25-11-15-19(16(12-25)21(29)30-4)24-26(20(15)28)14-9-7-8-13(3)10-14/h7-12H,5-6H2,1-4H3. The molecule has 0 aliphatic carbocycles. The highest BCUT2D eigenvalue weighted by molar-refractivity contribution is 5.96. The molecule has 0 bridgehead atoms. The first-order valence-electron chi connectivity index (χ1n) is 9.72. The van der Waals surface area contributed by atoms with Crippen molar-refractivity contribution in [2.45, 2.75) is 33.6 Å². The maximum absolute atomic E-state index is 13.2. The van der Waals surface area contributed by atoms with Gasteiger partial charge in [-0.25, -0.2) is 9.47 Å². The summed E-state index contributed by atoms with van der Waals surface area (Å²) in [7, 11) is 1.30. The second-order valence-corrected chi connectivity index (χ2v) is 6.91. The minimum Gasteiger partial charge on any atom is -0.465 e. The molecule has 0 unspecified atom stereocenters. The molecule has 0 atom stereocenters. The highest BCUT2D eigenvalue weighted by Gasteiger charge is 2.26. The smallest absolute Gasteiger partial charge is 0.341 e. The molecule has 4 rings (SSSR count). The van der Waals surface area contributed by atoms with Crippen molar-refractivity contribution < 1.29 is 9.53 Å². The van der Waals surface area contributed by atoms with Gasteiger partial charge in [0, 0.05) is 25.2 Å². The molecule has 0 saturated carbocycles. The molecule has 3 heterocycles. The molecule has 0 spiro atoms. The highest BCUT2D eigenvalue weighted by atomic mass is 16.5. The van der Waals surface area contributed by atoms with Crippen LogP contribution in [0, 0.1) is 6.92 Å². The number of fused-ring (bicyclic) bond motifs is 1. The lowest BCUT2D eigenvalue weighted by molar-refractivity contribution is 0.0600. The summed E-state index contributed by atoms with van der Waals surface area (Å²) in [6.07, 6.45) is 4.53. The Bertz CT molecular complexity index is 1240. The monoisotopic (exact) mass is 406 g/mol. The SMILES string of the molecule is CCc1nnc(CC)n1-n1cc(C(=O)OC)c2nn(-c3cccc(C)c3)c(=O)c-2c1. The van der Waals surface area contributed by atoms with Crippen LogP contribution in [0.1, 0.15) is 41.4 Å². The molecule has 9 heteroatoms. The molecule has 0 saturated heterocycles. The summed E-state index contributed by atoms with van der Waals surface area (Å²) >= 11 is 0. The number of nitrogens with zero attached hydrogens (tertiary/aromatic N) is 6. The van der Waals surface area contributed by atoms with Crippen LogP contribution in [0.4, 0.5) is 0 Å². The Balaban J connectivity index is 2.03. The first-order valence-corrected chi connectivity index (χ1v) is 9.72. The van der Waals surface area contributed by atoms with Crippen molar-refractivity contribution in [2.24, 2.45) is 0 Å². The van der Waals surface area contributed by atoms with Crippen LogP contribution < -0.4 is 5.56 Å². The number of esters is 1. The van der Waals surface area contributed by atoms with Gasteiger partial charge in [0.1, 0.15) is 11.3 Å². The fourth-order valence-corrected chi connectivity index (χ4v) is 3.46. The van der Waals surface area contributed by atoms with Gasteiger partial charge in [-0.2, -0.15) is 9.78 Å². The van der Waals surface area contributed by atoms with E-state index in [4.69, 9.17) is 4.74 Å². The maximum atomic E-state index is 13.2. The number of methoxy groups -OCH3 is 1. The van der Waals surface area contributed by atoms with Crippen LogP contribution in [-0.2, 0) is 17.6 Å². The molecule has 2 aliphatic heterocycles. The van der Waals surface area contributed by atoms with Crippen molar-refractivity contribution in [1.29, 1.82) is 0 Å². The number of benzene rings is 1. The summed E-state index contributed by atoms with van der Waals surface area (Å²) in [6, 6.07) is 7.46. The van der Waals surface area contributed by atoms with Gasteiger partial charge in [0.15, 0.2) is 11.6 Å². The van der Waals surface area contributed by atoms with Crippen molar-refractivity contribution in [1.82, 2.24) is 29.3 Å². The predicted molar refractivity (Wildman–Crippen MR) is 110 cm³/mol. The van der Waals surface area contributed by atoms with E-state index >= 15 is 0 Å². The summed E-state index contributed by atoms with van der Waals surface area (Å²) in [6.45, 7) is 5.87. The number of hydrogen-bond donors (Lipinski definition) is 0. The van der Waals surface area contributed by atoms with Gasteiger partial charge in [-0.05, 0) is 24.6 Å². The van der Waals surface area contributed by atoms with Gasteiger partial charge in [0.25, 0.3) is 5.56 Å². The van der Waals surface area contributed by atoms with Gasteiger partial charge >= 0.3 is 5.97 Å². The molecule has 0 fully saturated rings. The average Bonchev–Trinajstić information content (AvgIpc) is 3.33. The molecular weight excluding hydrogens is 384 g/mol. The third-order valence-corrected chi connectivity index (χ3v) is 4.94. The number of ether oxygens (including phenoxy) is 1. The molecule has 0 radical (unpaired) electrons. The van der Waals surface area contributed by atoms with Crippen LogP contribution in [0.3, 0.4) is 0 Å². The second-order valence-electron chi connectivity index (χ2n) is 6.91. The first-order chi connectivity index (χ1) is 14.5. The van der Waals surface area contributed by atoms with Crippen molar-refractivity contribution >= 4 is 5.97 Å². The number of rotatable bonds is 5. The lowest BCUT2D eigenvalue weighted by Gasteiger charge is -2.15. The molecule has 0 amide bonds. The first kappa shape index (κ1) is 19.6. The van der Waals surface area contributed by atoms with Gasteiger partial charge in [-0.1, -0.05) is 26.0 Å². The molecule has 0 N–H and O–H groups in total. The van der Waals surface area contributed by atoms with E-state index in [2.05, 4.69) is 15.3 Å². The fourth-order valence-electron chi connectivity index (χ4n) is 3.46. The van der Waals surface area contributed by atoms with E-state index in [1.165, 1.54) is 11.8 Å². The van der Waals surface area contributed by atoms with Crippen molar-refractivity contribution in [3.8, 4) is 16.9 Å². The number of aromatic nitrogens is 6. The quantitative estimate of drug-likeness (QED) is 0.472. The van der Waals surface area contributed by atoms with Gasteiger partial charge in [0.05, 0.1) is 18.4 Å². The zero-order chi connectivity index (χ0) is 21.4. The Morgan fingerprint density at radius 1 is 1.10 bits per heavy atom. The van der Waals surface area contributed by atoms with Gasteiger partial charge in [0.2, 0.25) is 0 Å². The summed E-state index contributed by atoms with van der Waals surface area (Å²) in [4.78, 5) is 25.8. The summed E-state index contributed by atoms with van der Waals surface area (Å²) in [5, 5.41) is 12.9. The van der Waals surface area contributed by atoms with E-state index < -0.39 is 5.97 Å². The van der Waals surface area contributed by atoms with E-state index in [0.717, 1.165) is 5.56 Å². The Hall–Kier alpha value is -3.75. The minimum atomic E-state index is -0.576. The van der Waals surface area contributed by atoms with E-state index in [0.29, 0.717) is 35.7 Å². The largest absolute Gasteiger partial charge is 0.465 e. The van der Waals surface area contributed by atoms with Gasteiger partial charge < -0.3 is 4.74 Å². The third kappa shape index (κ3) is 3.08. The van der Waals surface area contributed by atoms with E-state index in [1.807, 2.05) is 39.0 Å². The molecule has 1 aromatic carbocycles. The molecule has 2 aromatic rings. The average molecular weight is 406 g/mol. The van der Waals surface area contributed by atoms with E-state index in [1.54, 1.807) is 27.8 Å². The number of aryl methyl sites for hydroxylation is 3. The van der Waals surface area contributed by atoms with Crippen LogP contribution in [0.5, 0.6) is 0 Å². The Morgan fingerprint density at radius 3 is 2.40 bits per heavy atom. The highest BCUT2D eigenvalue weighted by Crippen LogP contribution is 2.24. The Morgan fingerprint density at radius 2 is 1.80 bits per heavy atom.